The van der Waals surface area contributed by atoms with Gasteiger partial charge >= 0.3 is 0 Å². The van der Waals surface area contributed by atoms with Crippen LogP contribution in [-0.4, -0.2) is 17.4 Å². The molecule has 2 rings (SSSR count). The lowest BCUT2D eigenvalue weighted by atomic mass is 10.1. The monoisotopic (exact) mass is 262 g/mol. The molecule has 0 bridgehead atoms. The van der Waals surface area contributed by atoms with Gasteiger partial charge in [0.25, 0.3) is 5.91 Å². The highest BCUT2D eigenvalue weighted by Crippen LogP contribution is 2.14. The average Bonchev–Trinajstić information content (AvgIpc) is 2.79. The largest absolute Gasteiger partial charge is 0.375 e. The molecule has 18 heavy (non-hydrogen) atoms. The molecule has 1 heterocycles. The molecule has 2 aromatic rings. The van der Waals surface area contributed by atoms with Crippen LogP contribution >= 0.6 is 11.3 Å². The fraction of sp³-hybridized carbons (Fsp3) is 0.167. The summed E-state index contributed by atoms with van der Waals surface area (Å²) in [5.74, 6) is -0.255. The molecule has 5 nitrogen and oxygen atoms in total. The minimum Gasteiger partial charge on any atom is -0.375 e. The topological polar surface area (TPSA) is 94.0 Å². The number of carbonyl (C=O) groups excluding carboxylic acids is 1. The lowest BCUT2D eigenvalue weighted by Crippen LogP contribution is -2.12. The van der Waals surface area contributed by atoms with E-state index in [0.29, 0.717) is 17.4 Å². The first kappa shape index (κ1) is 12.5. The molecule has 1 aromatic carbocycles. The molecule has 1 amide bonds. The van der Waals surface area contributed by atoms with E-state index in [1.807, 2.05) is 24.3 Å². The summed E-state index contributed by atoms with van der Waals surface area (Å²) >= 11 is 1.24. The molecule has 0 aliphatic rings. The van der Waals surface area contributed by atoms with Crippen LogP contribution in [0.15, 0.2) is 29.6 Å². The van der Waals surface area contributed by atoms with E-state index < -0.39 is 0 Å². The second kappa shape index (κ2) is 5.61. The van der Waals surface area contributed by atoms with Crippen LogP contribution in [0.5, 0.6) is 0 Å². The predicted molar refractivity (Wildman–Crippen MR) is 73.7 cm³/mol. The summed E-state index contributed by atoms with van der Waals surface area (Å²) in [5.41, 5.74) is 13.2. The lowest BCUT2D eigenvalue weighted by Gasteiger charge is -2.04. The molecular weight excluding hydrogens is 248 g/mol. The third kappa shape index (κ3) is 3.06. The number of rotatable bonds is 4. The fourth-order valence-electron chi connectivity index (χ4n) is 1.51. The normalized spacial score (nSPS) is 10.3. The average molecular weight is 262 g/mol. The highest BCUT2D eigenvalue weighted by atomic mass is 32.1. The van der Waals surface area contributed by atoms with Gasteiger partial charge in [-0.3, -0.25) is 4.79 Å². The van der Waals surface area contributed by atoms with Gasteiger partial charge in [-0.05, 0) is 30.7 Å². The van der Waals surface area contributed by atoms with E-state index in [4.69, 9.17) is 11.5 Å². The summed E-state index contributed by atoms with van der Waals surface area (Å²) in [7, 11) is 0. The van der Waals surface area contributed by atoms with E-state index in [0.717, 1.165) is 17.7 Å². The third-order valence-electron chi connectivity index (χ3n) is 2.40. The van der Waals surface area contributed by atoms with Gasteiger partial charge < -0.3 is 16.8 Å². The van der Waals surface area contributed by atoms with Crippen LogP contribution in [0.1, 0.15) is 16.1 Å². The fourth-order valence-corrected chi connectivity index (χ4v) is 2.05. The van der Waals surface area contributed by atoms with Crippen molar-refractivity contribution in [2.75, 3.05) is 17.6 Å². The molecule has 0 aliphatic carbocycles. The zero-order chi connectivity index (χ0) is 13.0. The number of amides is 1. The molecule has 0 aliphatic heterocycles. The van der Waals surface area contributed by atoms with Gasteiger partial charge in [0.05, 0.1) is 0 Å². The van der Waals surface area contributed by atoms with Gasteiger partial charge in [0.15, 0.2) is 5.13 Å². The highest BCUT2D eigenvalue weighted by molar-refractivity contribution is 7.13. The van der Waals surface area contributed by atoms with Gasteiger partial charge in [-0.2, -0.15) is 0 Å². The van der Waals surface area contributed by atoms with Crippen LogP contribution in [0.4, 0.5) is 10.8 Å². The molecule has 0 fully saturated rings. The number of carbonyl (C=O) groups is 1. The minimum atomic E-state index is -0.255. The van der Waals surface area contributed by atoms with Gasteiger partial charge in [-0.25, -0.2) is 4.98 Å². The van der Waals surface area contributed by atoms with E-state index in [9.17, 15) is 4.79 Å². The van der Waals surface area contributed by atoms with Crippen LogP contribution in [0.3, 0.4) is 0 Å². The second-order valence-corrected chi connectivity index (χ2v) is 4.65. The molecule has 0 unspecified atom stereocenters. The molecule has 5 N–H and O–H groups in total. The van der Waals surface area contributed by atoms with Crippen molar-refractivity contribution in [3.8, 4) is 0 Å². The molecule has 6 heteroatoms. The van der Waals surface area contributed by atoms with Crippen LogP contribution in [-0.2, 0) is 6.42 Å². The summed E-state index contributed by atoms with van der Waals surface area (Å²) in [6.07, 6.45) is 0.830. The number of nitrogens with two attached hydrogens (primary N) is 2. The number of thiazole rings is 1. The summed E-state index contributed by atoms with van der Waals surface area (Å²) < 4.78 is 0. The molecule has 0 atom stereocenters. The Labute approximate surface area is 109 Å². The van der Waals surface area contributed by atoms with E-state index in [2.05, 4.69) is 10.3 Å². The molecule has 94 valence electrons. The molecule has 0 saturated carbocycles. The Morgan fingerprint density at radius 1 is 1.33 bits per heavy atom. The molecule has 0 saturated heterocycles. The Hall–Kier alpha value is -1.92. The van der Waals surface area contributed by atoms with Gasteiger partial charge in [0, 0.05) is 11.1 Å². The first-order valence-electron chi connectivity index (χ1n) is 5.50. The number of nitrogens with zero attached hydrogens (tertiary/aromatic N) is 1. The third-order valence-corrected chi connectivity index (χ3v) is 3.07. The second-order valence-electron chi connectivity index (χ2n) is 3.76. The van der Waals surface area contributed by atoms with Crippen LogP contribution in [0.2, 0.25) is 0 Å². The van der Waals surface area contributed by atoms with Crippen molar-refractivity contribution < 1.29 is 4.79 Å². The van der Waals surface area contributed by atoms with Gasteiger partial charge in [0.1, 0.15) is 5.69 Å². The quantitative estimate of drug-likeness (QED) is 0.778. The van der Waals surface area contributed by atoms with Crippen molar-refractivity contribution in [3.05, 3.63) is 40.9 Å². The van der Waals surface area contributed by atoms with Crippen molar-refractivity contribution in [3.63, 3.8) is 0 Å². The van der Waals surface area contributed by atoms with Crippen molar-refractivity contribution >= 4 is 28.1 Å². The first-order valence-corrected chi connectivity index (χ1v) is 6.38. The Morgan fingerprint density at radius 2 is 2.06 bits per heavy atom. The van der Waals surface area contributed by atoms with Crippen LogP contribution < -0.4 is 16.8 Å². The maximum absolute atomic E-state index is 11.8. The van der Waals surface area contributed by atoms with Crippen molar-refractivity contribution in [1.82, 2.24) is 4.98 Å². The summed E-state index contributed by atoms with van der Waals surface area (Å²) in [6, 6.07) is 7.58. The number of aromatic nitrogens is 1. The molecular formula is C12H14N4OS. The van der Waals surface area contributed by atoms with E-state index in [-0.39, 0.29) is 5.91 Å². The Balaban J connectivity index is 2.03. The van der Waals surface area contributed by atoms with Gasteiger partial charge in [-0.1, -0.05) is 12.1 Å². The number of hydrogen-bond acceptors (Lipinski definition) is 5. The smallest absolute Gasteiger partial charge is 0.275 e. The zero-order valence-corrected chi connectivity index (χ0v) is 10.5. The van der Waals surface area contributed by atoms with Crippen LogP contribution in [0.25, 0.3) is 0 Å². The highest BCUT2D eigenvalue weighted by Gasteiger charge is 2.09. The molecule has 1 aromatic heterocycles. The minimum absolute atomic E-state index is 0.255. The Kier molecular flexibility index (Phi) is 3.91. The molecule has 0 spiro atoms. The van der Waals surface area contributed by atoms with Gasteiger partial charge in [0.2, 0.25) is 0 Å². The number of hydrogen-bond donors (Lipinski definition) is 3. The Bertz CT molecular complexity index is 535. The number of benzene rings is 1. The summed E-state index contributed by atoms with van der Waals surface area (Å²) in [6.45, 7) is 0.615. The first-order chi connectivity index (χ1) is 8.69. The van der Waals surface area contributed by atoms with Gasteiger partial charge in [-0.15, -0.1) is 11.3 Å². The van der Waals surface area contributed by atoms with E-state index in [1.54, 1.807) is 5.38 Å². The van der Waals surface area contributed by atoms with Crippen molar-refractivity contribution in [2.24, 2.45) is 5.73 Å². The maximum atomic E-state index is 11.8. The Morgan fingerprint density at radius 3 is 2.61 bits per heavy atom. The number of nitrogens with one attached hydrogen (secondary N) is 1. The SMILES string of the molecule is NCCc1ccc(NC(=O)c2csc(N)n2)cc1. The number of nitrogen functional groups attached to an aromatic ring is 1. The van der Waals surface area contributed by atoms with Crippen molar-refractivity contribution in [2.45, 2.75) is 6.42 Å². The maximum Gasteiger partial charge on any atom is 0.275 e. The summed E-state index contributed by atoms with van der Waals surface area (Å²) in [4.78, 5) is 15.7. The summed E-state index contributed by atoms with van der Waals surface area (Å²) in [5, 5.41) is 4.78. The van der Waals surface area contributed by atoms with Crippen molar-refractivity contribution in [1.29, 1.82) is 0 Å². The molecule has 0 radical (unpaired) electrons. The van der Waals surface area contributed by atoms with E-state index in [1.165, 1.54) is 11.3 Å². The van der Waals surface area contributed by atoms with Crippen LogP contribution in [0, 0.1) is 0 Å². The standard InChI is InChI=1S/C12H14N4OS/c13-6-5-8-1-3-9(4-2-8)15-11(17)10-7-18-12(14)16-10/h1-4,7H,5-6,13H2,(H2,14,16)(H,15,17). The lowest BCUT2D eigenvalue weighted by molar-refractivity contribution is 0.102. The zero-order valence-electron chi connectivity index (χ0n) is 9.72. The number of anilines is 2. The predicted octanol–water partition coefficient (Wildman–Crippen LogP) is 1.48. The van der Waals surface area contributed by atoms with E-state index >= 15 is 0 Å².